The average Bonchev–Trinajstić information content (AvgIpc) is 3.60. The number of nitrogens with zero attached hydrogens (tertiary/aromatic N) is 6. The van der Waals surface area contributed by atoms with Crippen LogP contribution in [0.3, 0.4) is 0 Å². The lowest BCUT2D eigenvalue weighted by Gasteiger charge is -2.31. The molecule has 0 radical (unpaired) electrons. The molecule has 3 aromatic heterocycles. The zero-order chi connectivity index (χ0) is 26.5. The van der Waals surface area contributed by atoms with E-state index >= 15 is 0 Å². The van der Waals surface area contributed by atoms with Gasteiger partial charge in [0.2, 0.25) is 0 Å². The maximum Gasteiger partial charge on any atom is 0.310 e. The Morgan fingerprint density at radius 1 is 1.18 bits per heavy atom. The zero-order valence-corrected chi connectivity index (χ0v) is 22.3. The summed E-state index contributed by atoms with van der Waals surface area (Å²) in [5, 5.41) is 11.6. The highest BCUT2D eigenvalue weighted by atomic mass is 32.2. The second-order valence-electron chi connectivity index (χ2n) is 8.59. The van der Waals surface area contributed by atoms with Crippen LogP contribution < -0.4 is 0 Å². The molecule has 12 heteroatoms. The molecule has 196 valence electrons. The molecule has 1 aliphatic heterocycles. The van der Waals surface area contributed by atoms with Crippen LogP contribution in [0.4, 0.5) is 4.39 Å². The summed E-state index contributed by atoms with van der Waals surface area (Å²) in [6.45, 7) is 3.02. The first-order chi connectivity index (χ1) is 18.5. The molecule has 1 amide bonds. The molecule has 0 N–H and O–H groups in total. The van der Waals surface area contributed by atoms with Crippen LogP contribution in [-0.2, 0) is 15.3 Å². The second-order valence-corrected chi connectivity index (χ2v) is 10.5. The van der Waals surface area contributed by atoms with Gasteiger partial charge in [-0.2, -0.15) is 0 Å². The molecule has 1 unspecified atom stereocenters. The van der Waals surface area contributed by atoms with Gasteiger partial charge in [0.1, 0.15) is 16.5 Å². The number of rotatable bonds is 8. The number of halogens is 1. The fourth-order valence-corrected chi connectivity index (χ4v) is 6.01. The van der Waals surface area contributed by atoms with Gasteiger partial charge >= 0.3 is 5.97 Å². The van der Waals surface area contributed by atoms with E-state index in [1.807, 2.05) is 0 Å². The van der Waals surface area contributed by atoms with Gasteiger partial charge in [0.15, 0.2) is 11.0 Å². The van der Waals surface area contributed by atoms with E-state index in [1.54, 1.807) is 64.5 Å². The zero-order valence-electron chi connectivity index (χ0n) is 20.6. The Hall–Kier alpha value is -3.64. The molecule has 0 aliphatic carbocycles. The fraction of sp³-hybridized carbons (Fsp3) is 0.308. The first-order valence-electron chi connectivity index (χ1n) is 12.2. The molecule has 1 aromatic carbocycles. The molecular formula is C26H25FN6O3S2. The molecule has 4 heterocycles. The van der Waals surface area contributed by atoms with Gasteiger partial charge in [0.25, 0.3) is 5.91 Å². The van der Waals surface area contributed by atoms with Gasteiger partial charge in [0, 0.05) is 36.4 Å². The number of thioether (sulfide) groups is 1. The number of likely N-dealkylation sites (tertiary alicyclic amines) is 1. The maximum atomic E-state index is 14.8. The van der Waals surface area contributed by atoms with Gasteiger partial charge in [-0.3, -0.25) is 19.1 Å². The first-order valence-corrected chi connectivity index (χ1v) is 14.1. The van der Waals surface area contributed by atoms with Crippen molar-refractivity contribution in [3.63, 3.8) is 0 Å². The van der Waals surface area contributed by atoms with Gasteiger partial charge < -0.3 is 9.64 Å². The van der Waals surface area contributed by atoms with E-state index in [1.165, 1.54) is 29.2 Å². The minimum atomic E-state index is -0.394. The minimum absolute atomic E-state index is 0.194. The summed E-state index contributed by atoms with van der Waals surface area (Å²) in [5.74, 6) is -0.232. The highest BCUT2D eigenvalue weighted by Gasteiger charge is 2.30. The molecule has 4 aromatic rings. The van der Waals surface area contributed by atoms with Crippen molar-refractivity contribution in [3.05, 3.63) is 70.7 Å². The number of amides is 1. The predicted molar refractivity (Wildman–Crippen MR) is 141 cm³/mol. The number of hydrogen-bond acceptors (Lipinski definition) is 9. The highest BCUT2D eigenvalue weighted by molar-refractivity contribution is 7.98. The van der Waals surface area contributed by atoms with Crippen LogP contribution in [-0.4, -0.2) is 61.2 Å². The van der Waals surface area contributed by atoms with Crippen LogP contribution >= 0.6 is 23.1 Å². The van der Waals surface area contributed by atoms with Crippen molar-refractivity contribution in [2.24, 2.45) is 5.92 Å². The Balaban J connectivity index is 1.32. The summed E-state index contributed by atoms with van der Waals surface area (Å²) in [6.07, 6.45) is 4.75. The third-order valence-corrected chi connectivity index (χ3v) is 8.06. The van der Waals surface area contributed by atoms with E-state index in [0.29, 0.717) is 54.2 Å². The van der Waals surface area contributed by atoms with Crippen molar-refractivity contribution in [1.82, 2.24) is 29.6 Å². The van der Waals surface area contributed by atoms with Gasteiger partial charge in [-0.1, -0.05) is 23.9 Å². The van der Waals surface area contributed by atoms with E-state index in [9.17, 15) is 14.0 Å². The number of carbonyl (C=O) groups excluding carboxylic acids is 2. The number of benzene rings is 1. The van der Waals surface area contributed by atoms with Crippen LogP contribution in [0.25, 0.3) is 17.1 Å². The summed E-state index contributed by atoms with van der Waals surface area (Å²) >= 11 is 2.73. The number of thiazole rings is 1. The third-order valence-electron chi connectivity index (χ3n) is 6.09. The number of carbonyl (C=O) groups is 2. The van der Waals surface area contributed by atoms with E-state index in [2.05, 4.69) is 20.2 Å². The Morgan fingerprint density at radius 3 is 2.79 bits per heavy atom. The predicted octanol–water partition coefficient (Wildman–Crippen LogP) is 4.63. The van der Waals surface area contributed by atoms with E-state index in [-0.39, 0.29) is 17.8 Å². The Labute approximate surface area is 227 Å². The van der Waals surface area contributed by atoms with Crippen molar-refractivity contribution in [3.8, 4) is 17.1 Å². The van der Waals surface area contributed by atoms with Gasteiger partial charge in [-0.25, -0.2) is 9.37 Å². The van der Waals surface area contributed by atoms with Gasteiger partial charge in [-0.05, 0) is 44.0 Å². The summed E-state index contributed by atoms with van der Waals surface area (Å²) < 4.78 is 21.6. The Kier molecular flexibility index (Phi) is 8.08. The average molecular weight is 553 g/mol. The quantitative estimate of drug-likeness (QED) is 0.230. The smallest absolute Gasteiger partial charge is 0.310 e. The van der Waals surface area contributed by atoms with Crippen LogP contribution in [0.2, 0.25) is 0 Å². The molecule has 0 saturated carbocycles. The monoisotopic (exact) mass is 552 g/mol. The number of esters is 1. The molecule has 1 aliphatic rings. The summed E-state index contributed by atoms with van der Waals surface area (Å²) in [4.78, 5) is 35.5. The Morgan fingerprint density at radius 2 is 2.00 bits per heavy atom. The summed E-state index contributed by atoms with van der Waals surface area (Å²) in [5.41, 5.74) is 1.44. The largest absolute Gasteiger partial charge is 0.466 e. The highest BCUT2D eigenvalue weighted by Crippen LogP contribution is 2.31. The number of aromatic nitrogens is 5. The fourth-order valence-electron chi connectivity index (χ4n) is 4.28. The molecule has 1 saturated heterocycles. The Bertz CT molecular complexity index is 1430. The number of hydrogen-bond donors (Lipinski definition) is 0. The van der Waals surface area contributed by atoms with E-state index < -0.39 is 5.82 Å². The number of para-hydroxylation sites is 1. The molecule has 0 bridgehead atoms. The van der Waals surface area contributed by atoms with Crippen molar-refractivity contribution in [2.45, 2.75) is 30.7 Å². The molecule has 1 fully saturated rings. The standard InChI is InChI=1S/C26H25FN6O3S2/c1-2-36-25(35)18-6-5-13-32(14-18)24(34)20-15-37-22(29-20)16-38-26-31-30-23(17-9-11-28-12-10-17)33(26)21-8-4-3-7-19(21)27/h3-4,7-12,15,18H,2,5-6,13-14,16H2,1H3. The minimum Gasteiger partial charge on any atom is -0.466 e. The van der Waals surface area contributed by atoms with Crippen molar-refractivity contribution >= 4 is 35.0 Å². The molecule has 9 nitrogen and oxygen atoms in total. The van der Waals surface area contributed by atoms with Crippen molar-refractivity contribution in [1.29, 1.82) is 0 Å². The number of pyridine rings is 1. The van der Waals surface area contributed by atoms with Gasteiger partial charge in [0.05, 0.1) is 24.0 Å². The van der Waals surface area contributed by atoms with Crippen LogP contribution in [0, 0.1) is 11.7 Å². The van der Waals surface area contributed by atoms with Crippen LogP contribution in [0.5, 0.6) is 0 Å². The summed E-state index contributed by atoms with van der Waals surface area (Å²) in [7, 11) is 0. The lowest BCUT2D eigenvalue weighted by molar-refractivity contribution is -0.149. The topological polar surface area (TPSA) is 103 Å². The first kappa shape index (κ1) is 26.0. The lowest BCUT2D eigenvalue weighted by Crippen LogP contribution is -2.43. The molecule has 1 atom stereocenters. The van der Waals surface area contributed by atoms with Crippen LogP contribution in [0.1, 0.15) is 35.3 Å². The summed E-state index contributed by atoms with van der Waals surface area (Å²) in [6, 6.07) is 10.0. The van der Waals surface area contributed by atoms with Crippen LogP contribution in [0.15, 0.2) is 59.3 Å². The molecule has 0 spiro atoms. The van der Waals surface area contributed by atoms with Gasteiger partial charge in [-0.15, -0.1) is 21.5 Å². The third kappa shape index (κ3) is 5.60. The maximum absolute atomic E-state index is 14.8. The molecular weight excluding hydrogens is 527 g/mol. The number of ether oxygens (including phenoxy) is 1. The lowest BCUT2D eigenvalue weighted by atomic mass is 9.98. The van der Waals surface area contributed by atoms with E-state index in [4.69, 9.17) is 4.74 Å². The van der Waals surface area contributed by atoms with Crippen molar-refractivity contribution < 1.29 is 18.7 Å². The second kappa shape index (κ2) is 11.8. The van der Waals surface area contributed by atoms with Crippen molar-refractivity contribution in [2.75, 3.05) is 19.7 Å². The molecule has 38 heavy (non-hydrogen) atoms. The normalized spacial score (nSPS) is 15.4. The van der Waals surface area contributed by atoms with E-state index in [0.717, 1.165) is 17.0 Å². The molecule has 5 rings (SSSR count). The SMILES string of the molecule is CCOC(=O)C1CCCN(C(=O)c2csc(CSc3nnc(-c4ccncc4)n3-c3ccccc3F)n2)C1. The number of piperidine rings is 1.